The predicted molar refractivity (Wildman–Crippen MR) is 137 cm³/mol. The molecule has 176 valence electrons. The van der Waals surface area contributed by atoms with Gasteiger partial charge in [-0.2, -0.15) is 11.8 Å². The number of thioether (sulfide) groups is 1. The van der Waals surface area contributed by atoms with Gasteiger partial charge in [-0.3, -0.25) is 14.8 Å². The Morgan fingerprint density at radius 1 is 0.941 bits per heavy atom. The molecule has 8 heteroatoms. The Morgan fingerprint density at radius 2 is 1.79 bits per heavy atom. The average Bonchev–Trinajstić information content (AvgIpc) is 3.32. The smallest absolute Gasteiger partial charge is 0.255 e. The number of benzene rings is 1. The van der Waals surface area contributed by atoms with Crippen molar-refractivity contribution < 1.29 is 4.42 Å². The van der Waals surface area contributed by atoms with E-state index in [0.29, 0.717) is 24.5 Å². The third-order valence-corrected chi connectivity index (χ3v) is 6.20. The topological polar surface area (TPSA) is 95.8 Å². The van der Waals surface area contributed by atoms with E-state index in [4.69, 9.17) is 4.42 Å². The zero-order chi connectivity index (χ0) is 23.4. The van der Waals surface area contributed by atoms with Gasteiger partial charge in [-0.05, 0) is 42.3 Å². The van der Waals surface area contributed by atoms with Crippen molar-refractivity contribution in [3.8, 4) is 0 Å². The van der Waals surface area contributed by atoms with Crippen molar-refractivity contribution in [2.24, 2.45) is 0 Å². The number of furan rings is 1. The van der Waals surface area contributed by atoms with Gasteiger partial charge in [0, 0.05) is 42.9 Å². The molecule has 1 aromatic carbocycles. The second kappa shape index (κ2) is 12.8. The highest BCUT2D eigenvalue weighted by atomic mass is 32.2. The number of anilines is 1. The summed E-state index contributed by atoms with van der Waals surface area (Å²) in [5, 5.41) is 6.61. The lowest BCUT2D eigenvalue weighted by Crippen LogP contribution is -2.18. The van der Waals surface area contributed by atoms with Crippen LogP contribution in [-0.2, 0) is 25.1 Å². The first-order chi connectivity index (χ1) is 16.8. The molecule has 0 atom stereocenters. The van der Waals surface area contributed by atoms with Crippen molar-refractivity contribution in [2.75, 3.05) is 24.2 Å². The summed E-state index contributed by atoms with van der Waals surface area (Å²) in [6.45, 7) is 2.35. The number of nitrogens with zero attached hydrogens (tertiary/aromatic N) is 2. The van der Waals surface area contributed by atoms with E-state index in [-0.39, 0.29) is 5.56 Å². The molecule has 0 spiro atoms. The van der Waals surface area contributed by atoms with Crippen LogP contribution in [0.15, 0.2) is 82.4 Å². The number of hydrogen-bond acceptors (Lipinski definition) is 7. The van der Waals surface area contributed by atoms with E-state index in [1.165, 1.54) is 5.56 Å². The fraction of sp³-hybridized carbons (Fsp3) is 0.269. The molecule has 7 nitrogen and oxygen atoms in total. The Kier molecular flexibility index (Phi) is 8.93. The van der Waals surface area contributed by atoms with E-state index in [9.17, 15) is 4.79 Å². The Morgan fingerprint density at radius 3 is 2.62 bits per heavy atom. The summed E-state index contributed by atoms with van der Waals surface area (Å²) in [4.78, 5) is 23.5. The molecular formula is C26H29N5O2S. The summed E-state index contributed by atoms with van der Waals surface area (Å²) in [7, 11) is 0. The molecule has 0 aliphatic heterocycles. The van der Waals surface area contributed by atoms with Crippen molar-refractivity contribution in [1.82, 2.24) is 20.3 Å². The number of nitrogens with one attached hydrogen (secondary N) is 3. The molecule has 0 amide bonds. The van der Waals surface area contributed by atoms with Crippen molar-refractivity contribution in [3.05, 3.63) is 112 Å². The van der Waals surface area contributed by atoms with Crippen LogP contribution < -0.4 is 16.2 Å². The second-order valence-corrected chi connectivity index (χ2v) is 8.99. The molecule has 4 rings (SSSR count). The van der Waals surface area contributed by atoms with Crippen LogP contribution >= 0.6 is 11.8 Å². The Balaban J connectivity index is 1.11. The molecular weight excluding hydrogens is 446 g/mol. The first kappa shape index (κ1) is 23.8. The summed E-state index contributed by atoms with van der Waals surface area (Å²) in [6.07, 6.45) is 6.62. The summed E-state index contributed by atoms with van der Waals surface area (Å²) in [5.74, 6) is 4.08. The fourth-order valence-corrected chi connectivity index (χ4v) is 4.20. The van der Waals surface area contributed by atoms with Gasteiger partial charge < -0.3 is 15.1 Å². The van der Waals surface area contributed by atoms with Crippen LogP contribution in [0.3, 0.4) is 0 Å². The van der Waals surface area contributed by atoms with Gasteiger partial charge in [-0.15, -0.1) is 0 Å². The van der Waals surface area contributed by atoms with Gasteiger partial charge in [0.15, 0.2) is 0 Å². The zero-order valence-corrected chi connectivity index (χ0v) is 19.8. The van der Waals surface area contributed by atoms with Crippen molar-refractivity contribution in [3.63, 3.8) is 0 Å². The number of hydrogen-bond donors (Lipinski definition) is 3. The van der Waals surface area contributed by atoms with Gasteiger partial charge >= 0.3 is 0 Å². The lowest BCUT2D eigenvalue weighted by molar-refractivity contribution is 0.460. The van der Waals surface area contributed by atoms with Crippen LogP contribution in [0.4, 0.5) is 5.95 Å². The molecule has 4 aromatic rings. The van der Waals surface area contributed by atoms with E-state index < -0.39 is 0 Å². The first-order valence-corrected chi connectivity index (χ1v) is 12.5. The molecule has 34 heavy (non-hydrogen) atoms. The third-order valence-electron chi connectivity index (χ3n) is 5.22. The maximum atomic E-state index is 12.3. The molecule has 3 aromatic heterocycles. The summed E-state index contributed by atoms with van der Waals surface area (Å²) in [6, 6.07) is 18.3. The van der Waals surface area contributed by atoms with Crippen LogP contribution in [0.2, 0.25) is 0 Å². The van der Waals surface area contributed by atoms with Gasteiger partial charge in [0.1, 0.15) is 11.5 Å². The zero-order valence-electron chi connectivity index (χ0n) is 19.0. The molecule has 0 aliphatic carbocycles. The largest absolute Gasteiger partial charge is 0.464 e. The van der Waals surface area contributed by atoms with Crippen molar-refractivity contribution in [2.45, 2.75) is 25.1 Å². The number of H-pyrrole nitrogens is 1. The summed E-state index contributed by atoms with van der Waals surface area (Å²) < 4.78 is 5.91. The number of aromatic amines is 1. The first-order valence-electron chi connectivity index (χ1n) is 11.4. The Hall–Kier alpha value is -3.36. The normalized spacial score (nSPS) is 10.9. The molecule has 0 unspecified atom stereocenters. The maximum Gasteiger partial charge on any atom is 0.255 e. The minimum absolute atomic E-state index is 0.130. The van der Waals surface area contributed by atoms with Gasteiger partial charge in [-0.25, -0.2) is 4.98 Å². The number of rotatable bonds is 13. The van der Waals surface area contributed by atoms with E-state index in [0.717, 1.165) is 48.1 Å². The van der Waals surface area contributed by atoms with Gasteiger partial charge in [-0.1, -0.05) is 36.4 Å². The summed E-state index contributed by atoms with van der Waals surface area (Å²) in [5.41, 5.74) is 2.81. The van der Waals surface area contributed by atoms with Gasteiger partial charge in [0.2, 0.25) is 5.95 Å². The lowest BCUT2D eigenvalue weighted by atomic mass is 10.1. The Labute approximate surface area is 203 Å². The SMILES string of the molecule is O=c1[nH]c(NCCSCc2ccc(CNCCc3ccccc3)o2)ncc1Cc1cccnc1. The standard InChI is InChI=1S/C26H29N5O2S/c32-25-22(15-21-7-4-11-27-16-21)17-30-26(31-25)29-13-14-34-19-24-9-8-23(33-24)18-28-12-10-20-5-2-1-3-6-20/h1-9,11,16-17,28H,10,12-15,18-19H2,(H2,29,30,31,32). The van der Waals surface area contributed by atoms with Crippen molar-refractivity contribution in [1.29, 1.82) is 0 Å². The molecule has 0 radical (unpaired) electrons. The molecule has 0 bridgehead atoms. The molecule has 3 heterocycles. The lowest BCUT2D eigenvalue weighted by Gasteiger charge is -2.06. The highest BCUT2D eigenvalue weighted by molar-refractivity contribution is 7.98. The highest BCUT2D eigenvalue weighted by Crippen LogP contribution is 2.15. The van der Waals surface area contributed by atoms with E-state index in [1.54, 1.807) is 30.4 Å². The van der Waals surface area contributed by atoms with Gasteiger partial charge in [0.25, 0.3) is 5.56 Å². The second-order valence-electron chi connectivity index (χ2n) is 7.88. The third kappa shape index (κ3) is 7.60. The van der Waals surface area contributed by atoms with Crippen LogP contribution in [-0.4, -0.2) is 33.8 Å². The van der Waals surface area contributed by atoms with E-state index in [1.807, 2.05) is 30.3 Å². The average molecular weight is 476 g/mol. The predicted octanol–water partition coefficient (Wildman–Crippen LogP) is 4.03. The molecule has 3 N–H and O–H groups in total. The van der Waals surface area contributed by atoms with Crippen LogP contribution in [0.25, 0.3) is 0 Å². The monoisotopic (exact) mass is 475 g/mol. The molecule has 0 aliphatic rings. The quantitative estimate of drug-likeness (QED) is 0.251. The van der Waals surface area contributed by atoms with Crippen LogP contribution in [0.1, 0.15) is 28.2 Å². The number of aromatic nitrogens is 3. The minimum atomic E-state index is -0.130. The van der Waals surface area contributed by atoms with Crippen LogP contribution in [0.5, 0.6) is 0 Å². The van der Waals surface area contributed by atoms with Crippen LogP contribution in [0, 0.1) is 0 Å². The Bertz CT molecular complexity index is 1190. The number of pyridine rings is 1. The molecule has 0 saturated carbocycles. The molecule has 0 saturated heterocycles. The van der Waals surface area contributed by atoms with Crippen molar-refractivity contribution >= 4 is 17.7 Å². The van der Waals surface area contributed by atoms with Gasteiger partial charge in [0.05, 0.1) is 12.3 Å². The maximum absolute atomic E-state index is 12.3. The van der Waals surface area contributed by atoms with E-state index in [2.05, 4.69) is 49.9 Å². The minimum Gasteiger partial charge on any atom is -0.464 e. The highest BCUT2D eigenvalue weighted by Gasteiger charge is 2.05. The fourth-order valence-electron chi connectivity index (χ4n) is 3.46. The van der Waals surface area contributed by atoms with E-state index >= 15 is 0 Å². The summed E-state index contributed by atoms with van der Waals surface area (Å²) >= 11 is 1.77. The molecule has 0 fully saturated rings.